The predicted octanol–water partition coefficient (Wildman–Crippen LogP) is -0.437. The number of carbonyl (C=O) groups is 1. The van der Waals surface area contributed by atoms with Gasteiger partial charge in [-0.2, -0.15) is 0 Å². The maximum Gasteiger partial charge on any atom is 0.323 e. The Balaban J connectivity index is 2.12. The van der Waals surface area contributed by atoms with Crippen molar-refractivity contribution in [1.29, 1.82) is 0 Å². The Hall–Kier alpha value is -0.650. The molecule has 5 nitrogen and oxygen atoms in total. The highest BCUT2D eigenvalue weighted by molar-refractivity contribution is 5.75. The van der Waals surface area contributed by atoms with Crippen LogP contribution in [0, 0.1) is 0 Å². The molecule has 5 heteroatoms. The molecule has 2 saturated heterocycles. The first-order valence-electron chi connectivity index (χ1n) is 4.31. The third-order valence-electron chi connectivity index (χ3n) is 2.36. The van der Waals surface area contributed by atoms with Crippen LogP contribution in [0.15, 0.2) is 0 Å². The highest BCUT2D eigenvalue weighted by atomic mass is 16.8. The molecule has 2 N–H and O–H groups in total. The Bertz CT molecular complexity index is 240. The lowest BCUT2D eigenvalue weighted by molar-refractivity contribution is -0.160. The van der Waals surface area contributed by atoms with E-state index in [1.54, 1.807) is 13.8 Å². The topological polar surface area (TPSA) is 67.8 Å². The number of rotatable bonds is 1. The lowest BCUT2D eigenvalue weighted by atomic mass is 10.1. The van der Waals surface area contributed by atoms with Crippen molar-refractivity contribution in [3.63, 3.8) is 0 Å². The minimum absolute atomic E-state index is 0.129. The molecule has 13 heavy (non-hydrogen) atoms. The zero-order chi connectivity index (χ0) is 9.64. The van der Waals surface area contributed by atoms with E-state index >= 15 is 0 Å². The van der Waals surface area contributed by atoms with Crippen molar-refractivity contribution >= 4 is 5.97 Å². The van der Waals surface area contributed by atoms with E-state index in [2.05, 4.69) is 5.32 Å². The van der Waals surface area contributed by atoms with Gasteiger partial charge in [-0.05, 0) is 13.8 Å². The van der Waals surface area contributed by atoms with Gasteiger partial charge in [-0.25, -0.2) is 0 Å². The quantitative estimate of drug-likeness (QED) is 0.582. The van der Waals surface area contributed by atoms with Crippen molar-refractivity contribution in [2.24, 2.45) is 0 Å². The number of aliphatic carboxylic acids is 1. The number of hydrogen-bond donors (Lipinski definition) is 2. The maximum absolute atomic E-state index is 10.8. The van der Waals surface area contributed by atoms with E-state index in [0.29, 0.717) is 6.54 Å². The maximum atomic E-state index is 10.8. The molecule has 74 valence electrons. The summed E-state index contributed by atoms with van der Waals surface area (Å²) in [4.78, 5) is 10.8. The summed E-state index contributed by atoms with van der Waals surface area (Å²) in [5.74, 6) is -1.53. The van der Waals surface area contributed by atoms with Crippen LogP contribution in [-0.2, 0) is 14.3 Å². The molecule has 2 fully saturated rings. The van der Waals surface area contributed by atoms with Crippen LogP contribution >= 0.6 is 0 Å². The monoisotopic (exact) mass is 187 g/mol. The molecule has 0 saturated carbocycles. The van der Waals surface area contributed by atoms with E-state index in [1.165, 1.54) is 0 Å². The van der Waals surface area contributed by atoms with Crippen LogP contribution in [0.5, 0.6) is 0 Å². The van der Waals surface area contributed by atoms with Gasteiger partial charge in [0.25, 0.3) is 0 Å². The van der Waals surface area contributed by atoms with Crippen molar-refractivity contribution in [2.45, 2.75) is 37.9 Å². The van der Waals surface area contributed by atoms with Crippen LogP contribution in [0.4, 0.5) is 0 Å². The fourth-order valence-electron chi connectivity index (χ4n) is 1.89. The smallest absolute Gasteiger partial charge is 0.323 e. The molecule has 0 amide bonds. The first kappa shape index (κ1) is 8.93. The zero-order valence-corrected chi connectivity index (χ0v) is 7.61. The van der Waals surface area contributed by atoms with Crippen molar-refractivity contribution < 1.29 is 19.4 Å². The molecule has 0 aromatic heterocycles. The third-order valence-corrected chi connectivity index (χ3v) is 2.36. The van der Waals surface area contributed by atoms with Gasteiger partial charge in [-0.15, -0.1) is 0 Å². The number of ether oxygens (including phenoxy) is 2. The Morgan fingerprint density at radius 3 is 2.85 bits per heavy atom. The summed E-state index contributed by atoms with van der Waals surface area (Å²) < 4.78 is 11.0. The van der Waals surface area contributed by atoms with Crippen molar-refractivity contribution in [2.75, 3.05) is 6.54 Å². The van der Waals surface area contributed by atoms with E-state index < -0.39 is 17.8 Å². The Morgan fingerprint density at radius 2 is 2.23 bits per heavy atom. The van der Waals surface area contributed by atoms with E-state index in [1.807, 2.05) is 0 Å². The summed E-state index contributed by atoms with van der Waals surface area (Å²) in [5.41, 5.74) is 0. The zero-order valence-electron chi connectivity index (χ0n) is 7.61. The van der Waals surface area contributed by atoms with Gasteiger partial charge in [0.1, 0.15) is 18.2 Å². The average Bonchev–Trinajstić information content (AvgIpc) is 2.41. The van der Waals surface area contributed by atoms with Gasteiger partial charge in [0.15, 0.2) is 5.79 Å². The molecule has 0 aromatic rings. The largest absolute Gasteiger partial charge is 0.480 e. The SMILES string of the molecule is CC1(C)O[C@@H]2[C@@H](CN[C@H]2C(=O)O)O1. The van der Waals surface area contributed by atoms with Crippen LogP contribution in [-0.4, -0.2) is 41.7 Å². The van der Waals surface area contributed by atoms with E-state index in [4.69, 9.17) is 14.6 Å². The standard InChI is InChI=1S/C8H13NO4/c1-8(2)12-4-3-9-5(7(10)11)6(4)13-8/h4-6,9H,3H2,1-2H3,(H,10,11)/t4-,5-,6-/m1/s1. The molecule has 0 spiro atoms. The highest BCUT2D eigenvalue weighted by Crippen LogP contribution is 2.32. The second-order valence-electron chi connectivity index (χ2n) is 3.86. The fraction of sp³-hybridized carbons (Fsp3) is 0.875. The first-order chi connectivity index (χ1) is 5.99. The Kier molecular flexibility index (Phi) is 1.83. The van der Waals surface area contributed by atoms with Gasteiger partial charge in [-0.3, -0.25) is 10.1 Å². The summed E-state index contributed by atoms with van der Waals surface area (Å²) >= 11 is 0. The lowest BCUT2D eigenvalue weighted by Crippen LogP contribution is -2.41. The number of carboxylic acids is 1. The fourth-order valence-corrected chi connectivity index (χ4v) is 1.89. The van der Waals surface area contributed by atoms with Crippen molar-refractivity contribution in [3.05, 3.63) is 0 Å². The van der Waals surface area contributed by atoms with Crippen LogP contribution in [0.25, 0.3) is 0 Å². The van der Waals surface area contributed by atoms with Gasteiger partial charge in [0.2, 0.25) is 0 Å². The molecule has 0 radical (unpaired) electrons. The van der Waals surface area contributed by atoms with E-state index in [-0.39, 0.29) is 12.2 Å². The van der Waals surface area contributed by atoms with E-state index in [9.17, 15) is 4.79 Å². The predicted molar refractivity (Wildman–Crippen MR) is 43.3 cm³/mol. The summed E-state index contributed by atoms with van der Waals surface area (Å²) in [6.07, 6.45) is -0.483. The van der Waals surface area contributed by atoms with Crippen molar-refractivity contribution in [1.82, 2.24) is 5.32 Å². The number of fused-ring (bicyclic) bond motifs is 1. The van der Waals surface area contributed by atoms with Crippen molar-refractivity contribution in [3.8, 4) is 0 Å². The molecule has 2 rings (SSSR count). The van der Waals surface area contributed by atoms with Crippen LogP contribution < -0.4 is 5.32 Å². The second kappa shape index (κ2) is 2.67. The molecule has 0 aliphatic carbocycles. The second-order valence-corrected chi connectivity index (χ2v) is 3.86. The van der Waals surface area contributed by atoms with Crippen LogP contribution in [0.1, 0.15) is 13.8 Å². The van der Waals surface area contributed by atoms with E-state index in [0.717, 1.165) is 0 Å². The third kappa shape index (κ3) is 1.43. The summed E-state index contributed by atoms with van der Waals surface area (Å²) in [6, 6.07) is -0.633. The molecular weight excluding hydrogens is 174 g/mol. The van der Waals surface area contributed by atoms with Crippen LogP contribution in [0.3, 0.4) is 0 Å². The number of hydrogen-bond acceptors (Lipinski definition) is 4. The molecular formula is C8H13NO4. The first-order valence-corrected chi connectivity index (χ1v) is 4.31. The van der Waals surface area contributed by atoms with Gasteiger partial charge in [-0.1, -0.05) is 0 Å². The molecule has 0 aromatic carbocycles. The highest BCUT2D eigenvalue weighted by Gasteiger charge is 2.51. The lowest BCUT2D eigenvalue weighted by Gasteiger charge is -2.20. The van der Waals surface area contributed by atoms with Gasteiger partial charge in [0, 0.05) is 6.54 Å². The summed E-state index contributed by atoms with van der Waals surface area (Å²) in [7, 11) is 0. The minimum Gasteiger partial charge on any atom is -0.480 e. The van der Waals surface area contributed by atoms with Gasteiger partial charge < -0.3 is 14.6 Å². The summed E-state index contributed by atoms with van der Waals surface area (Å²) in [6.45, 7) is 4.14. The molecule has 2 heterocycles. The molecule has 0 unspecified atom stereocenters. The normalized spacial score (nSPS) is 41.8. The van der Waals surface area contributed by atoms with Crippen LogP contribution in [0.2, 0.25) is 0 Å². The molecule has 0 bridgehead atoms. The summed E-state index contributed by atoms with van der Waals surface area (Å²) in [5, 5.41) is 11.7. The molecule has 2 aliphatic rings. The number of nitrogens with one attached hydrogen (secondary N) is 1. The number of carboxylic acid groups (broad SMARTS) is 1. The molecule has 3 atom stereocenters. The van der Waals surface area contributed by atoms with Gasteiger partial charge in [0.05, 0.1) is 0 Å². The average molecular weight is 187 g/mol. The minimum atomic E-state index is -0.881. The Morgan fingerprint density at radius 1 is 1.54 bits per heavy atom. The van der Waals surface area contributed by atoms with Gasteiger partial charge >= 0.3 is 5.97 Å². The molecule has 2 aliphatic heterocycles. The Labute approximate surface area is 76.0 Å².